The molecule has 1 aromatic carbocycles. The lowest BCUT2D eigenvalue weighted by molar-refractivity contribution is -0.119. The minimum atomic E-state index is -3.77. The average molecular weight is 438 g/mol. The van der Waals surface area contributed by atoms with E-state index < -0.39 is 31.9 Å². The fourth-order valence-corrected chi connectivity index (χ4v) is 6.45. The second-order valence-corrected chi connectivity index (χ2v) is 11.0. The Labute approximate surface area is 171 Å². The number of rotatable bonds is 6. The summed E-state index contributed by atoms with van der Waals surface area (Å²) in [7, 11) is -6.01. The lowest BCUT2D eigenvalue weighted by Gasteiger charge is -2.20. The van der Waals surface area contributed by atoms with E-state index in [1.807, 2.05) is 12.1 Å². The number of aryl methyl sites for hydroxylation is 1. The molecular formula is C19H23N3O5S2. The van der Waals surface area contributed by atoms with E-state index in [0.29, 0.717) is 12.0 Å². The lowest BCUT2D eigenvalue weighted by atomic mass is 10.2. The Bertz CT molecular complexity index is 1130. The van der Waals surface area contributed by atoms with Gasteiger partial charge in [-0.2, -0.15) is 0 Å². The number of pyridine rings is 1. The maximum absolute atomic E-state index is 13.0. The molecule has 1 amide bonds. The fraction of sp³-hybridized carbons (Fsp3) is 0.368. The monoisotopic (exact) mass is 437 g/mol. The van der Waals surface area contributed by atoms with Crippen molar-refractivity contribution in [3.8, 4) is 0 Å². The van der Waals surface area contributed by atoms with Gasteiger partial charge in [0.1, 0.15) is 0 Å². The van der Waals surface area contributed by atoms with Crippen molar-refractivity contribution in [3.63, 3.8) is 0 Å². The molecule has 1 aliphatic rings. The number of carbonyl (C=O) groups excluding carboxylic acids is 1. The molecule has 2 heterocycles. The van der Waals surface area contributed by atoms with Crippen molar-refractivity contribution in [2.75, 3.05) is 23.7 Å². The number of hydrogen-bond acceptors (Lipinski definition) is 6. The second kappa shape index (κ2) is 7.85. The first-order valence-electron chi connectivity index (χ1n) is 9.07. The second-order valence-electron chi connectivity index (χ2n) is 7.16. The number of nitrogens with zero attached hydrogens (tertiary/aromatic N) is 3. The minimum Gasteiger partial charge on any atom is -0.273 e. The predicted molar refractivity (Wildman–Crippen MR) is 109 cm³/mol. The summed E-state index contributed by atoms with van der Waals surface area (Å²) >= 11 is 0. The van der Waals surface area contributed by atoms with Gasteiger partial charge in [0.15, 0.2) is 0 Å². The SMILES string of the molecule is Cc1cc(N2C(=O)C(C)CS2(=O)=O)ccc1S(=O)(=O)N(C)CCc1ccncc1. The van der Waals surface area contributed by atoms with Gasteiger partial charge in [0, 0.05) is 26.0 Å². The Kier molecular flexibility index (Phi) is 5.79. The van der Waals surface area contributed by atoms with Gasteiger partial charge in [-0.25, -0.2) is 25.4 Å². The van der Waals surface area contributed by atoms with Gasteiger partial charge in [0.05, 0.1) is 22.3 Å². The molecule has 1 aromatic heterocycles. The van der Waals surface area contributed by atoms with E-state index >= 15 is 0 Å². The number of sulfonamides is 2. The summed E-state index contributed by atoms with van der Waals surface area (Å²) in [6, 6.07) is 7.81. The molecule has 0 radical (unpaired) electrons. The van der Waals surface area contributed by atoms with Gasteiger partial charge in [-0.1, -0.05) is 6.92 Å². The first-order chi connectivity index (χ1) is 13.5. The molecular weight excluding hydrogens is 414 g/mol. The minimum absolute atomic E-state index is 0.0792. The largest absolute Gasteiger partial charge is 0.273 e. The number of hydrogen-bond donors (Lipinski definition) is 0. The standard InChI is InChI=1S/C19H23N3O5S2/c1-14-12-17(22-19(23)15(2)13-28(22,24)25)4-5-18(14)29(26,27)21(3)11-8-16-6-9-20-10-7-16/h4-7,9-10,12,15H,8,11,13H2,1-3H3. The van der Waals surface area contributed by atoms with Crippen LogP contribution in [0.1, 0.15) is 18.1 Å². The van der Waals surface area contributed by atoms with Crippen LogP contribution in [-0.2, 0) is 31.3 Å². The van der Waals surface area contributed by atoms with Crippen molar-refractivity contribution >= 4 is 31.6 Å². The molecule has 29 heavy (non-hydrogen) atoms. The molecule has 1 fully saturated rings. The molecule has 0 spiro atoms. The highest BCUT2D eigenvalue weighted by Gasteiger charge is 2.42. The van der Waals surface area contributed by atoms with Crippen LogP contribution in [0.2, 0.25) is 0 Å². The van der Waals surface area contributed by atoms with Gasteiger partial charge in [-0.15, -0.1) is 0 Å². The first-order valence-corrected chi connectivity index (χ1v) is 12.1. The molecule has 3 rings (SSSR count). The Balaban J connectivity index is 1.84. The summed E-state index contributed by atoms with van der Waals surface area (Å²) in [5.41, 5.74) is 1.51. The van der Waals surface area contributed by atoms with Crippen LogP contribution >= 0.6 is 0 Å². The van der Waals surface area contributed by atoms with Crippen molar-refractivity contribution in [2.24, 2.45) is 5.92 Å². The zero-order chi connectivity index (χ0) is 21.4. The fourth-order valence-electron chi connectivity index (χ4n) is 3.26. The number of carbonyl (C=O) groups is 1. The van der Waals surface area contributed by atoms with E-state index in [9.17, 15) is 21.6 Å². The molecule has 1 unspecified atom stereocenters. The van der Waals surface area contributed by atoms with Crippen LogP contribution < -0.4 is 4.31 Å². The van der Waals surface area contributed by atoms with E-state index in [4.69, 9.17) is 0 Å². The van der Waals surface area contributed by atoms with Gasteiger partial charge in [0.25, 0.3) is 0 Å². The summed E-state index contributed by atoms with van der Waals surface area (Å²) in [5.74, 6) is -1.37. The van der Waals surface area contributed by atoms with Crippen molar-refractivity contribution in [3.05, 3.63) is 53.9 Å². The Morgan fingerprint density at radius 1 is 1.21 bits per heavy atom. The van der Waals surface area contributed by atoms with Crippen molar-refractivity contribution < 1.29 is 21.6 Å². The molecule has 2 aromatic rings. The topological polar surface area (TPSA) is 105 Å². The molecule has 0 bridgehead atoms. The number of anilines is 1. The van der Waals surface area contributed by atoms with Crippen LogP contribution in [0, 0.1) is 12.8 Å². The van der Waals surface area contributed by atoms with E-state index in [1.54, 1.807) is 26.2 Å². The zero-order valence-electron chi connectivity index (χ0n) is 16.4. The molecule has 8 nitrogen and oxygen atoms in total. The van der Waals surface area contributed by atoms with E-state index in [-0.39, 0.29) is 22.9 Å². The summed E-state index contributed by atoms with van der Waals surface area (Å²) < 4.78 is 52.5. The molecule has 1 atom stereocenters. The Morgan fingerprint density at radius 3 is 2.41 bits per heavy atom. The summed E-state index contributed by atoms with van der Waals surface area (Å²) in [6.45, 7) is 3.43. The number of likely N-dealkylation sites (N-methyl/N-ethyl adjacent to an activating group) is 1. The van der Waals surface area contributed by atoms with Crippen LogP contribution in [-0.4, -0.2) is 51.4 Å². The summed E-state index contributed by atoms with van der Waals surface area (Å²) in [5, 5.41) is 0. The van der Waals surface area contributed by atoms with Crippen molar-refractivity contribution in [1.29, 1.82) is 0 Å². The molecule has 0 N–H and O–H groups in total. The van der Waals surface area contributed by atoms with Gasteiger partial charge in [-0.05, 0) is 54.8 Å². The van der Waals surface area contributed by atoms with Gasteiger partial charge in [-0.3, -0.25) is 9.78 Å². The van der Waals surface area contributed by atoms with E-state index in [2.05, 4.69) is 4.98 Å². The third kappa shape index (κ3) is 4.19. The number of amides is 1. The number of benzene rings is 1. The molecule has 156 valence electrons. The number of aromatic nitrogens is 1. The zero-order valence-corrected chi connectivity index (χ0v) is 18.1. The van der Waals surface area contributed by atoms with Crippen LogP contribution in [0.5, 0.6) is 0 Å². The average Bonchev–Trinajstić information content (AvgIpc) is 2.87. The van der Waals surface area contributed by atoms with Crippen LogP contribution in [0.4, 0.5) is 5.69 Å². The van der Waals surface area contributed by atoms with E-state index in [1.165, 1.54) is 29.6 Å². The molecule has 0 saturated carbocycles. The van der Waals surface area contributed by atoms with Crippen molar-refractivity contribution in [1.82, 2.24) is 9.29 Å². The van der Waals surface area contributed by atoms with Crippen molar-refractivity contribution in [2.45, 2.75) is 25.2 Å². The highest BCUT2D eigenvalue weighted by Crippen LogP contribution is 2.31. The predicted octanol–water partition coefficient (Wildman–Crippen LogP) is 1.57. The van der Waals surface area contributed by atoms with Crippen LogP contribution in [0.3, 0.4) is 0 Å². The lowest BCUT2D eigenvalue weighted by Crippen LogP contribution is -2.31. The first kappa shape index (κ1) is 21.4. The van der Waals surface area contributed by atoms with Crippen LogP contribution in [0.15, 0.2) is 47.6 Å². The van der Waals surface area contributed by atoms with Gasteiger partial charge < -0.3 is 0 Å². The highest BCUT2D eigenvalue weighted by molar-refractivity contribution is 7.94. The molecule has 10 heteroatoms. The smallest absolute Gasteiger partial charge is 0.244 e. The van der Waals surface area contributed by atoms with Gasteiger partial charge in [0.2, 0.25) is 26.0 Å². The maximum atomic E-state index is 13.0. The normalized spacial score (nSPS) is 19.1. The summed E-state index contributed by atoms with van der Waals surface area (Å²) in [6.07, 6.45) is 3.84. The quantitative estimate of drug-likeness (QED) is 0.679. The Hall–Kier alpha value is -2.30. The van der Waals surface area contributed by atoms with Gasteiger partial charge >= 0.3 is 0 Å². The van der Waals surface area contributed by atoms with E-state index in [0.717, 1.165) is 9.87 Å². The molecule has 1 saturated heterocycles. The third-order valence-corrected chi connectivity index (χ3v) is 8.79. The maximum Gasteiger partial charge on any atom is 0.244 e. The van der Waals surface area contributed by atoms with Crippen LogP contribution in [0.25, 0.3) is 0 Å². The summed E-state index contributed by atoms with van der Waals surface area (Å²) in [4.78, 5) is 16.3. The molecule has 1 aliphatic heterocycles. The highest BCUT2D eigenvalue weighted by atomic mass is 32.2. The Morgan fingerprint density at radius 2 is 1.86 bits per heavy atom. The molecule has 0 aliphatic carbocycles. The third-order valence-electron chi connectivity index (χ3n) is 4.91.